The Balaban J connectivity index is 2.16. The lowest BCUT2D eigenvalue weighted by Crippen LogP contribution is -2.53. The van der Waals surface area contributed by atoms with E-state index in [9.17, 15) is 4.79 Å². The van der Waals surface area contributed by atoms with Gasteiger partial charge in [0.25, 0.3) is 0 Å². The highest BCUT2D eigenvalue weighted by atomic mass is 32.2. The SMILES string of the molecule is CSCC(=O)N1CC(CN)C1. The Hall–Kier alpha value is -0.220. The van der Waals surface area contributed by atoms with Crippen molar-refractivity contribution in [3.05, 3.63) is 0 Å². The summed E-state index contributed by atoms with van der Waals surface area (Å²) in [6.07, 6.45) is 1.94. The fourth-order valence-electron chi connectivity index (χ4n) is 1.14. The Morgan fingerprint density at radius 1 is 1.73 bits per heavy atom. The van der Waals surface area contributed by atoms with Crippen LogP contribution in [0, 0.1) is 5.92 Å². The molecule has 3 nitrogen and oxygen atoms in total. The average Bonchev–Trinajstić information content (AvgIpc) is 1.86. The summed E-state index contributed by atoms with van der Waals surface area (Å²) in [7, 11) is 0. The molecule has 0 aliphatic carbocycles. The fraction of sp³-hybridized carbons (Fsp3) is 0.857. The number of likely N-dealkylation sites (tertiary alicyclic amines) is 1. The number of carbonyl (C=O) groups excluding carboxylic acids is 1. The number of amides is 1. The van der Waals surface area contributed by atoms with Crippen LogP contribution < -0.4 is 5.73 Å². The second-order valence-corrected chi connectivity index (χ2v) is 3.70. The van der Waals surface area contributed by atoms with E-state index in [1.807, 2.05) is 11.2 Å². The van der Waals surface area contributed by atoms with Crippen molar-refractivity contribution in [2.24, 2.45) is 11.7 Å². The summed E-state index contributed by atoms with van der Waals surface area (Å²) >= 11 is 1.57. The van der Waals surface area contributed by atoms with Crippen molar-refractivity contribution in [1.82, 2.24) is 4.90 Å². The number of hydrogen-bond donors (Lipinski definition) is 1. The van der Waals surface area contributed by atoms with Crippen LogP contribution in [0.15, 0.2) is 0 Å². The highest BCUT2D eigenvalue weighted by molar-refractivity contribution is 7.99. The lowest BCUT2D eigenvalue weighted by atomic mass is 10.0. The molecule has 0 saturated carbocycles. The molecule has 1 fully saturated rings. The van der Waals surface area contributed by atoms with Crippen molar-refractivity contribution in [3.8, 4) is 0 Å². The first-order valence-electron chi connectivity index (χ1n) is 3.74. The van der Waals surface area contributed by atoms with Crippen molar-refractivity contribution in [2.75, 3.05) is 31.6 Å². The maximum absolute atomic E-state index is 11.2. The zero-order chi connectivity index (χ0) is 8.27. The van der Waals surface area contributed by atoms with Gasteiger partial charge in [0.2, 0.25) is 5.91 Å². The number of nitrogens with zero attached hydrogens (tertiary/aromatic N) is 1. The van der Waals surface area contributed by atoms with Gasteiger partial charge in [-0.1, -0.05) is 0 Å². The van der Waals surface area contributed by atoms with Gasteiger partial charge in [0.05, 0.1) is 5.75 Å². The van der Waals surface area contributed by atoms with E-state index in [-0.39, 0.29) is 5.91 Å². The topological polar surface area (TPSA) is 46.3 Å². The Bertz CT molecular complexity index is 145. The molecule has 64 valence electrons. The van der Waals surface area contributed by atoms with Gasteiger partial charge >= 0.3 is 0 Å². The fourth-order valence-corrected chi connectivity index (χ4v) is 1.57. The second kappa shape index (κ2) is 3.97. The molecule has 0 aromatic heterocycles. The molecule has 1 heterocycles. The van der Waals surface area contributed by atoms with Crippen LogP contribution in [-0.4, -0.2) is 42.4 Å². The van der Waals surface area contributed by atoms with E-state index in [4.69, 9.17) is 5.73 Å². The van der Waals surface area contributed by atoms with Crippen molar-refractivity contribution in [1.29, 1.82) is 0 Å². The molecule has 2 N–H and O–H groups in total. The number of nitrogens with two attached hydrogens (primary N) is 1. The van der Waals surface area contributed by atoms with Crippen molar-refractivity contribution in [2.45, 2.75) is 0 Å². The lowest BCUT2D eigenvalue weighted by Gasteiger charge is -2.38. The van der Waals surface area contributed by atoms with Crippen molar-refractivity contribution in [3.63, 3.8) is 0 Å². The molecule has 1 saturated heterocycles. The molecular formula is C7H14N2OS. The average molecular weight is 174 g/mol. The van der Waals surface area contributed by atoms with Crippen LogP contribution in [0.1, 0.15) is 0 Å². The number of thioether (sulfide) groups is 1. The van der Waals surface area contributed by atoms with Crippen LogP contribution in [0.5, 0.6) is 0 Å². The summed E-state index contributed by atoms with van der Waals surface area (Å²) < 4.78 is 0. The zero-order valence-electron chi connectivity index (χ0n) is 6.75. The van der Waals surface area contributed by atoms with E-state index >= 15 is 0 Å². The normalized spacial score (nSPS) is 18.2. The van der Waals surface area contributed by atoms with E-state index in [0.717, 1.165) is 13.1 Å². The van der Waals surface area contributed by atoms with E-state index in [1.165, 1.54) is 0 Å². The van der Waals surface area contributed by atoms with Crippen molar-refractivity contribution < 1.29 is 4.79 Å². The largest absolute Gasteiger partial charge is 0.341 e. The highest BCUT2D eigenvalue weighted by Crippen LogP contribution is 2.14. The molecule has 0 atom stereocenters. The molecule has 11 heavy (non-hydrogen) atoms. The third-order valence-corrected chi connectivity index (χ3v) is 2.45. The Morgan fingerprint density at radius 2 is 2.36 bits per heavy atom. The second-order valence-electron chi connectivity index (χ2n) is 2.83. The predicted molar refractivity (Wildman–Crippen MR) is 47.5 cm³/mol. The maximum Gasteiger partial charge on any atom is 0.232 e. The van der Waals surface area contributed by atoms with E-state index in [1.54, 1.807) is 11.8 Å². The maximum atomic E-state index is 11.2. The van der Waals surface area contributed by atoms with Gasteiger partial charge in [-0.2, -0.15) is 11.8 Å². The summed E-state index contributed by atoms with van der Waals surface area (Å²) in [5, 5.41) is 0. The minimum Gasteiger partial charge on any atom is -0.341 e. The van der Waals surface area contributed by atoms with Gasteiger partial charge in [0.15, 0.2) is 0 Å². The molecule has 1 rings (SSSR count). The summed E-state index contributed by atoms with van der Waals surface area (Å²) in [5.41, 5.74) is 5.43. The van der Waals surface area contributed by atoms with Crippen molar-refractivity contribution >= 4 is 17.7 Å². The van der Waals surface area contributed by atoms with Gasteiger partial charge < -0.3 is 10.6 Å². The van der Waals surface area contributed by atoms with Gasteiger partial charge in [0.1, 0.15) is 0 Å². The van der Waals surface area contributed by atoms with Crippen LogP contribution in [0.4, 0.5) is 0 Å². The molecule has 0 unspecified atom stereocenters. The molecule has 0 bridgehead atoms. The summed E-state index contributed by atoms with van der Waals surface area (Å²) in [6.45, 7) is 2.45. The van der Waals surface area contributed by atoms with Crippen LogP contribution in [-0.2, 0) is 4.79 Å². The van der Waals surface area contributed by atoms with E-state index in [0.29, 0.717) is 18.2 Å². The van der Waals surface area contributed by atoms with Gasteiger partial charge in [-0.3, -0.25) is 4.79 Å². The third kappa shape index (κ3) is 2.10. The number of hydrogen-bond acceptors (Lipinski definition) is 3. The molecule has 1 amide bonds. The first-order chi connectivity index (χ1) is 5.27. The summed E-state index contributed by atoms with van der Waals surface area (Å²) in [5.74, 6) is 1.42. The Kier molecular flexibility index (Phi) is 3.20. The van der Waals surface area contributed by atoms with Crippen LogP contribution in [0.2, 0.25) is 0 Å². The predicted octanol–water partition coefficient (Wildman–Crippen LogP) is -0.233. The van der Waals surface area contributed by atoms with Crippen LogP contribution in [0.25, 0.3) is 0 Å². The van der Waals surface area contributed by atoms with Crippen LogP contribution in [0.3, 0.4) is 0 Å². The molecule has 1 aliphatic heterocycles. The minimum absolute atomic E-state index is 0.252. The van der Waals surface area contributed by atoms with E-state index in [2.05, 4.69) is 0 Å². The molecule has 4 heteroatoms. The molecule has 0 spiro atoms. The van der Waals surface area contributed by atoms with Gasteiger partial charge in [-0.25, -0.2) is 0 Å². The third-order valence-electron chi connectivity index (χ3n) is 1.91. The first-order valence-corrected chi connectivity index (χ1v) is 5.14. The molecule has 0 aromatic carbocycles. The number of rotatable bonds is 3. The zero-order valence-corrected chi connectivity index (χ0v) is 7.56. The lowest BCUT2D eigenvalue weighted by molar-refractivity contribution is -0.134. The van der Waals surface area contributed by atoms with Gasteiger partial charge in [-0.05, 0) is 12.8 Å². The van der Waals surface area contributed by atoms with E-state index < -0.39 is 0 Å². The smallest absolute Gasteiger partial charge is 0.232 e. The minimum atomic E-state index is 0.252. The first kappa shape index (κ1) is 8.87. The summed E-state index contributed by atoms with van der Waals surface area (Å²) in [6, 6.07) is 0. The number of carbonyl (C=O) groups is 1. The molecular weight excluding hydrogens is 160 g/mol. The standard InChI is InChI=1S/C7H14N2OS/c1-11-5-7(10)9-3-6(2-8)4-9/h6H,2-5,8H2,1H3. The molecule has 0 aromatic rings. The molecule has 1 aliphatic rings. The quantitative estimate of drug-likeness (QED) is 0.642. The Morgan fingerprint density at radius 3 is 2.82 bits per heavy atom. The van der Waals surface area contributed by atoms with Crippen LogP contribution >= 0.6 is 11.8 Å². The van der Waals surface area contributed by atoms with Gasteiger partial charge in [0, 0.05) is 19.0 Å². The summed E-state index contributed by atoms with van der Waals surface area (Å²) in [4.78, 5) is 13.0. The monoisotopic (exact) mass is 174 g/mol. The van der Waals surface area contributed by atoms with Gasteiger partial charge in [-0.15, -0.1) is 0 Å². The highest BCUT2D eigenvalue weighted by Gasteiger charge is 2.28. The molecule has 0 radical (unpaired) electrons. The Labute approximate surface area is 71.3 Å².